The number of benzene rings is 2. The Morgan fingerprint density at radius 3 is 2.59 bits per heavy atom. The Balaban J connectivity index is 1.83. The fourth-order valence-corrected chi connectivity index (χ4v) is 3.65. The first-order chi connectivity index (χ1) is 15.4. The third-order valence-electron chi connectivity index (χ3n) is 4.30. The number of imide groups is 1. The lowest BCUT2D eigenvalue weighted by molar-refractivity contribution is -0.117. The van der Waals surface area contributed by atoms with Crippen LogP contribution in [-0.4, -0.2) is 46.1 Å². The number of amides is 3. The van der Waals surface area contributed by atoms with Crippen molar-refractivity contribution in [3.63, 3.8) is 0 Å². The summed E-state index contributed by atoms with van der Waals surface area (Å²) >= 11 is 7.23. The maximum atomic E-state index is 12.2. The lowest BCUT2D eigenvalue weighted by Gasteiger charge is -2.11. The first kappa shape index (κ1) is 23.6. The van der Waals surface area contributed by atoms with Crippen molar-refractivity contribution in [2.45, 2.75) is 19.0 Å². The second-order valence-electron chi connectivity index (χ2n) is 7.29. The number of carbonyl (C=O) groups is 2. The topological polar surface area (TPSA) is 98.1 Å². The fraction of sp³-hybridized carbons (Fsp3) is 0.273. The maximum Gasteiger partial charge on any atom is 0.321 e. The standard InChI is InChI=1S/C22H24ClN5O3S/c1-14(2)12-24-21(30)25-19(29)13-32-22-27-26-20(15-5-4-6-18(11-15)31-3)28(22)17-9-7-16(23)8-10-17/h4-11,14H,12-13H2,1-3H3,(H2,24,25,29,30). The Hall–Kier alpha value is -3.04. The number of nitrogens with zero attached hydrogens (tertiary/aromatic N) is 3. The number of thioether (sulfide) groups is 1. The van der Waals surface area contributed by atoms with Crippen molar-refractivity contribution in [1.82, 2.24) is 25.4 Å². The molecule has 0 atom stereocenters. The molecule has 0 unspecified atom stereocenters. The number of hydrogen-bond acceptors (Lipinski definition) is 6. The van der Waals surface area contributed by atoms with E-state index in [0.717, 1.165) is 11.3 Å². The van der Waals surface area contributed by atoms with Gasteiger partial charge in [0.25, 0.3) is 0 Å². The summed E-state index contributed by atoms with van der Waals surface area (Å²) in [7, 11) is 1.60. The summed E-state index contributed by atoms with van der Waals surface area (Å²) in [6.07, 6.45) is 0. The van der Waals surface area contributed by atoms with Crippen LogP contribution in [0.25, 0.3) is 17.1 Å². The highest BCUT2D eigenvalue weighted by Gasteiger charge is 2.18. The highest BCUT2D eigenvalue weighted by molar-refractivity contribution is 7.99. The van der Waals surface area contributed by atoms with Crippen LogP contribution in [0.1, 0.15) is 13.8 Å². The summed E-state index contributed by atoms with van der Waals surface area (Å²) in [5, 5.41) is 14.7. The van der Waals surface area contributed by atoms with Gasteiger partial charge >= 0.3 is 6.03 Å². The van der Waals surface area contributed by atoms with Gasteiger partial charge in [0.05, 0.1) is 12.9 Å². The summed E-state index contributed by atoms with van der Waals surface area (Å²) in [6, 6.07) is 14.2. The third-order valence-corrected chi connectivity index (χ3v) is 5.48. The van der Waals surface area contributed by atoms with Gasteiger partial charge in [-0.3, -0.25) is 14.7 Å². The molecule has 0 bridgehead atoms. The molecule has 1 aromatic heterocycles. The van der Waals surface area contributed by atoms with Gasteiger partial charge < -0.3 is 10.1 Å². The smallest absolute Gasteiger partial charge is 0.321 e. The third kappa shape index (κ3) is 6.24. The minimum Gasteiger partial charge on any atom is -0.497 e. The molecule has 0 radical (unpaired) electrons. The SMILES string of the molecule is COc1cccc(-c2nnc(SCC(=O)NC(=O)NCC(C)C)n2-c2ccc(Cl)cc2)c1. The first-order valence-electron chi connectivity index (χ1n) is 9.93. The molecule has 0 saturated heterocycles. The van der Waals surface area contributed by atoms with Crippen LogP contribution in [0.4, 0.5) is 4.79 Å². The number of ether oxygens (including phenoxy) is 1. The van der Waals surface area contributed by atoms with E-state index < -0.39 is 11.9 Å². The molecule has 0 fully saturated rings. The Kier molecular flexibility index (Phi) is 8.13. The number of halogens is 1. The first-order valence-corrected chi connectivity index (χ1v) is 11.3. The number of methoxy groups -OCH3 is 1. The lowest BCUT2D eigenvalue weighted by Crippen LogP contribution is -2.41. The zero-order valence-electron chi connectivity index (χ0n) is 18.0. The molecule has 1 heterocycles. The zero-order valence-corrected chi connectivity index (χ0v) is 19.5. The van der Waals surface area contributed by atoms with Gasteiger partial charge in [-0.25, -0.2) is 4.79 Å². The molecule has 0 saturated carbocycles. The van der Waals surface area contributed by atoms with Crippen LogP contribution in [-0.2, 0) is 4.79 Å². The molecule has 3 aromatic rings. The van der Waals surface area contributed by atoms with Gasteiger partial charge in [0.15, 0.2) is 11.0 Å². The Morgan fingerprint density at radius 1 is 1.16 bits per heavy atom. The van der Waals surface area contributed by atoms with Crippen LogP contribution in [0.15, 0.2) is 53.7 Å². The van der Waals surface area contributed by atoms with Gasteiger partial charge in [0.2, 0.25) is 5.91 Å². The molecule has 3 amide bonds. The summed E-state index contributed by atoms with van der Waals surface area (Å²) in [6.45, 7) is 4.43. The largest absolute Gasteiger partial charge is 0.497 e. The van der Waals surface area contributed by atoms with Crippen LogP contribution in [0, 0.1) is 5.92 Å². The Morgan fingerprint density at radius 2 is 1.91 bits per heavy atom. The van der Waals surface area contributed by atoms with E-state index in [4.69, 9.17) is 16.3 Å². The molecule has 3 rings (SSSR count). The van der Waals surface area contributed by atoms with Crippen molar-refractivity contribution in [1.29, 1.82) is 0 Å². The zero-order chi connectivity index (χ0) is 23.1. The monoisotopic (exact) mass is 473 g/mol. The average molecular weight is 474 g/mol. The molecule has 0 aliphatic rings. The van der Waals surface area contributed by atoms with E-state index in [-0.39, 0.29) is 11.7 Å². The highest BCUT2D eigenvalue weighted by Crippen LogP contribution is 2.30. The molecule has 32 heavy (non-hydrogen) atoms. The minimum absolute atomic E-state index is 0.00106. The van der Waals surface area contributed by atoms with Crippen molar-refractivity contribution in [2.75, 3.05) is 19.4 Å². The molecule has 168 valence electrons. The number of nitrogens with one attached hydrogen (secondary N) is 2. The molecule has 2 N–H and O–H groups in total. The Bertz CT molecular complexity index is 1090. The van der Waals surface area contributed by atoms with E-state index in [1.807, 2.05) is 54.8 Å². The fourth-order valence-electron chi connectivity index (χ4n) is 2.77. The number of urea groups is 1. The van der Waals surface area contributed by atoms with Crippen molar-refractivity contribution in [3.8, 4) is 22.8 Å². The summed E-state index contributed by atoms with van der Waals surface area (Å²) in [4.78, 5) is 24.1. The van der Waals surface area contributed by atoms with E-state index in [9.17, 15) is 9.59 Å². The molecule has 10 heteroatoms. The van der Waals surface area contributed by atoms with Crippen LogP contribution in [0.5, 0.6) is 5.75 Å². The van der Waals surface area contributed by atoms with E-state index in [0.29, 0.717) is 28.3 Å². The maximum absolute atomic E-state index is 12.2. The van der Waals surface area contributed by atoms with E-state index in [1.54, 1.807) is 19.2 Å². The number of carbonyl (C=O) groups excluding carboxylic acids is 2. The molecular weight excluding hydrogens is 450 g/mol. The van der Waals surface area contributed by atoms with Gasteiger partial charge in [0.1, 0.15) is 5.75 Å². The van der Waals surface area contributed by atoms with E-state index >= 15 is 0 Å². The molecule has 0 spiro atoms. The minimum atomic E-state index is -0.513. The van der Waals surface area contributed by atoms with Gasteiger partial charge in [-0.15, -0.1) is 10.2 Å². The van der Waals surface area contributed by atoms with Gasteiger partial charge in [0, 0.05) is 22.8 Å². The Labute approximate surface area is 195 Å². The highest BCUT2D eigenvalue weighted by atomic mass is 35.5. The molecule has 2 aromatic carbocycles. The van der Waals surface area contributed by atoms with Crippen molar-refractivity contribution in [2.24, 2.45) is 5.92 Å². The van der Waals surface area contributed by atoms with Gasteiger partial charge in [-0.2, -0.15) is 0 Å². The number of rotatable bonds is 8. The van der Waals surface area contributed by atoms with Gasteiger partial charge in [-0.05, 0) is 42.3 Å². The summed E-state index contributed by atoms with van der Waals surface area (Å²) in [5.74, 6) is 1.14. The van der Waals surface area contributed by atoms with Crippen LogP contribution < -0.4 is 15.4 Å². The molecular formula is C22H24ClN5O3S. The molecule has 0 aliphatic carbocycles. The molecule has 8 nitrogen and oxygen atoms in total. The molecule has 0 aliphatic heterocycles. The van der Waals surface area contributed by atoms with Crippen molar-refractivity contribution >= 4 is 35.3 Å². The quantitative estimate of drug-likeness (QED) is 0.476. The normalized spacial score (nSPS) is 10.8. The summed E-state index contributed by atoms with van der Waals surface area (Å²) in [5.41, 5.74) is 1.59. The van der Waals surface area contributed by atoms with Crippen LogP contribution in [0.2, 0.25) is 5.02 Å². The lowest BCUT2D eigenvalue weighted by atomic mass is 10.2. The van der Waals surface area contributed by atoms with Crippen molar-refractivity contribution < 1.29 is 14.3 Å². The number of hydrogen-bond donors (Lipinski definition) is 2. The van der Waals surface area contributed by atoms with Gasteiger partial charge in [-0.1, -0.05) is 49.3 Å². The van der Waals surface area contributed by atoms with Crippen LogP contribution >= 0.6 is 23.4 Å². The second-order valence-corrected chi connectivity index (χ2v) is 8.67. The van der Waals surface area contributed by atoms with E-state index in [1.165, 1.54) is 11.8 Å². The number of aromatic nitrogens is 3. The second kappa shape index (κ2) is 11.0. The van der Waals surface area contributed by atoms with E-state index in [2.05, 4.69) is 20.8 Å². The summed E-state index contributed by atoms with van der Waals surface area (Å²) < 4.78 is 7.16. The average Bonchev–Trinajstić information content (AvgIpc) is 3.21. The van der Waals surface area contributed by atoms with Crippen LogP contribution in [0.3, 0.4) is 0 Å². The van der Waals surface area contributed by atoms with Crippen molar-refractivity contribution in [3.05, 3.63) is 53.6 Å². The predicted molar refractivity (Wildman–Crippen MR) is 125 cm³/mol. The predicted octanol–water partition coefficient (Wildman–Crippen LogP) is 4.17.